The Morgan fingerprint density at radius 1 is 0.125 bits per heavy atom. The minimum absolute atomic E-state index is 0.921. The molecule has 0 spiro atoms. The van der Waals surface area contributed by atoms with Gasteiger partial charge in [0.2, 0.25) is 69.0 Å². The van der Waals surface area contributed by atoms with Gasteiger partial charge in [0.15, 0.2) is 91.3 Å². The van der Waals surface area contributed by atoms with Crippen molar-refractivity contribution < 1.29 is 142 Å². The van der Waals surface area contributed by atoms with Gasteiger partial charge >= 0.3 is 0 Å². The van der Waals surface area contributed by atoms with Crippen molar-refractivity contribution in [2.75, 3.05) is 0 Å². The van der Waals surface area contributed by atoms with Crippen LogP contribution in [0, 0.1) is 0 Å². The van der Waals surface area contributed by atoms with Gasteiger partial charge in [-0.3, -0.25) is 0 Å². The summed E-state index contributed by atoms with van der Waals surface area (Å²) in [7, 11) is 0. The molecule has 0 atom stereocenters. The summed E-state index contributed by atoms with van der Waals surface area (Å²) in [6, 6.07) is 0. The van der Waals surface area contributed by atoms with Crippen molar-refractivity contribution in [1.29, 1.82) is 0 Å². The molecule has 2 heterocycles. The van der Waals surface area contributed by atoms with Gasteiger partial charge in [-0.15, -0.1) is 0 Å². The number of phenols is 26. The van der Waals surface area contributed by atoms with E-state index in [0.29, 0.717) is 0 Å². The number of phenolic OH excluding ortho intramolecular Hbond substituents is 26. The summed E-state index contributed by atoms with van der Waals surface area (Å²) in [5.74, 6) is -42.1. The Kier molecular flexibility index (Phi) is 8.44. The van der Waals surface area contributed by atoms with Gasteiger partial charge in [-0.2, -0.15) is 0 Å². The van der Waals surface area contributed by atoms with Gasteiger partial charge < -0.3 is 142 Å². The summed E-state index contributed by atoms with van der Waals surface area (Å²) in [4.78, 5) is 0. The Labute approximate surface area is 389 Å². The fourth-order valence-corrected chi connectivity index (χ4v) is 9.02. The van der Waals surface area contributed by atoms with Crippen molar-refractivity contribution in [1.82, 2.24) is 0 Å². The highest BCUT2D eigenvalue weighted by molar-refractivity contribution is 6.32. The van der Waals surface area contributed by atoms with E-state index >= 15 is 0 Å². The van der Waals surface area contributed by atoms with Crippen LogP contribution in [0.1, 0.15) is 0 Å². The summed E-state index contributed by atoms with van der Waals surface area (Å²) in [6.07, 6.45) is 0. The molecule has 0 aliphatic rings. The molecule has 10 rings (SSSR count). The van der Waals surface area contributed by atoms with E-state index in [4.69, 9.17) is 8.83 Å². The van der Waals surface area contributed by atoms with E-state index in [0.717, 1.165) is 0 Å². The minimum Gasteiger partial charge on any atom is -0.506 e. The number of hydrogen-bond donors (Lipinski definition) is 26. The Morgan fingerprint density at radius 2 is 0.306 bits per heavy atom. The Morgan fingerprint density at radius 3 is 0.653 bits per heavy atom. The van der Waals surface area contributed by atoms with Crippen LogP contribution < -0.4 is 0 Å². The van der Waals surface area contributed by atoms with Gasteiger partial charge in [0.1, 0.15) is 11.5 Å². The van der Waals surface area contributed by atoms with Gasteiger partial charge in [0.05, 0.1) is 43.8 Å². The van der Waals surface area contributed by atoms with Crippen molar-refractivity contribution in [3.63, 3.8) is 0 Å². The number of rotatable bonds is 3. The molecule has 26 N–H and O–H groups in total. The average Bonchev–Trinajstić information content (AvgIpc) is 3.96. The van der Waals surface area contributed by atoms with Crippen LogP contribution in [0.5, 0.6) is 149 Å². The molecule has 0 bridgehead atoms. The van der Waals surface area contributed by atoms with Gasteiger partial charge in [0, 0.05) is 32.7 Å². The van der Waals surface area contributed by atoms with Crippen LogP contribution in [0.4, 0.5) is 0 Å². The number of furan rings is 2. The second kappa shape index (κ2) is 13.7. The highest BCUT2D eigenvalue weighted by atomic mass is 16.4. The Bertz CT molecular complexity index is 4190. The van der Waals surface area contributed by atoms with Crippen molar-refractivity contribution in [2.24, 2.45) is 0 Å². The first-order valence-electron chi connectivity index (χ1n) is 19.4. The van der Waals surface area contributed by atoms with E-state index in [1.807, 2.05) is 0 Å². The Hall–Kier alpha value is -11.3. The second-order valence-electron chi connectivity index (χ2n) is 15.8. The zero-order valence-electron chi connectivity index (χ0n) is 34.4. The van der Waals surface area contributed by atoms with Crippen LogP contribution in [0.2, 0.25) is 0 Å². The number of fused-ring (bicyclic) bond motifs is 8. The Balaban J connectivity index is 1.46. The van der Waals surface area contributed by atoms with Crippen LogP contribution >= 0.6 is 0 Å². The van der Waals surface area contributed by atoms with E-state index < -0.39 is 248 Å². The van der Waals surface area contributed by atoms with Crippen molar-refractivity contribution >= 4 is 65.4 Å². The monoisotopic (exact) mass is 1000 g/mol. The molecule has 0 saturated heterocycles. The lowest BCUT2D eigenvalue weighted by Crippen LogP contribution is -1.97. The number of hydrogen-bond acceptors (Lipinski definition) is 28. The van der Waals surface area contributed by atoms with Crippen LogP contribution in [0.15, 0.2) is 8.83 Å². The molecule has 0 saturated carbocycles. The molecule has 10 aromatic rings. The summed E-state index contributed by atoms with van der Waals surface area (Å²) in [5, 5.41) is 281. The van der Waals surface area contributed by atoms with Crippen molar-refractivity contribution in [3.05, 3.63) is 0 Å². The quantitative estimate of drug-likeness (QED) is 0.0619. The fourth-order valence-electron chi connectivity index (χ4n) is 9.02. The highest BCUT2D eigenvalue weighted by Crippen LogP contribution is 2.69. The predicted octanol–water partition coefficient (Wildman–Crippen LogP) is 5.14. The molecule has 370 valence electrons. The highest BCUT2D eigenvalue weighted by Gasteiger charge is 2.41. The molecule has 0 fully saturated rings. The van der Waals surface area contributed by atoms with Crippen LogP contribution in [0.3, 0.4) is 0 Å². The molecule has 0 unspecified atom stereocenters. The first kappa shape index (κ1) is 44.5. The minimum atomic E-state index is -1.86. The fraction of sp³-hybridized carbons (Fsp3) is 0. The van der Waals surface area contributed by atoms with E-state index in [-0.39, 0.29) is 0 Å². The molecule has 0 radical (unpaired) electrons. The van der Waals surface area contributed by atoms with E-state index in [1.165, 1.54) is 0 Å². The van der Waals surface area contributed by atoms with Crippen LogP contribution in [0.25, 0.3) is 98.8 Å². The maximum atomic E-state index is 12.3. The maximum Gasteiger partial charge on any atom is 0.208 e. The molecule has 28 nitrogen and oxygen atoms in total. The van der Waals surface area contributed by atoms with E-state index in [9.17, 15) is 133 Å². The summed E-state index contributed by atoms with van der Waals surface area (Å²) in [6.45, 7) is 0. The molecule has 8 aromatic carbocycles. The second-order valence-corrected chi connectivity index (χ2v) is 15.8. The maximum absolute atomic E-state index is 12.3. The molecule has 0 amide bonds. The first-order valence-corrected chi connectivity index (χ1v) is 19.4. The standard InChI is InChI=1S/C44H26O28/c45-15-7(22(52)29(59)23(53)9(15)10-16(46)11-12-26(56)34(64)36(66)39(69)43(12)72-42(11)38(68)24(10)54)1-3-5(19(49)32(62)30(60)17(3)47)2(6-4(1)18(48)31(61)33(63)20(6)50)8-21(51)25(55)13-14-27(57)35(65)37(67)40(70)44(14)71-41(13)28(8)58/h45-70H. The zero-order chi connectivity index (χ0) is 52.8. The smallest absolute Gasteiger partial charge is 0.208 e. The molecule has 72 heavy (non-hydrogen) atoms. The third kappa shape index (κ3) is 4.85. The molecule has 0 aliphatic carbocycles. The van der Waals surface area contributed by atoms with Crippen LogP contribution in [-0.2, 0) is 0 Å². The average molecular weight is 1000 g/mol. The summed E-state index contributed by atoms with van der Waals surface area (Å²) in [5.41, 5.74) is -13.1. The van der Waals surface area contributed by atoms with Gasteiger partial charge in [-0.05, 0) is 0 Å². The molecule has 2 aromatic heterocycles. The predicted molar refractivity (Wildman–Crippen MR) is 236 cm³/mol. The normalized spacial score (nSPS) is 11.9. The van der Waals surface area contributed by atoms with Crippen molar-refractivity contribution in [3.8, 4) is 183 Å². The SMILES string of the molecule is Oc1c(O)c(-c2c(O)c(O)c3oc4c(O)c(O)c(O)c(O)c4c3c2O)c(O)c(-c2c3c(O)c(O)c(O)c(O)c3c(-c3c(O)c(O)c4c(oc5c(O)c(O)c(O)c(O)c54)c3O)c3c(O)c(O)c(O)c(O)c23)c1O. The van der Waals surface area contributed by atoms with Gasteiger partial charge in [0.25, 0.3) is 0 Å². The molecule has 28 heteroatoms. The zero-order valence-corrected chi connectivity index (χ0v) is 34.4. The summed E-state index contributed by atoms with van der Waals surface area (Å²) >= 11 is 0. The lowest BCUT2D eigenvalue weighted by Gasteiger charge is -2.25. The number of aromatic hydroxyl groups is 26. The number of benzene rings is 8. The van der Waals surface area contributed by atoms with Gasteiger partial charge in [-0.1, -0.05) is 0 Å². The largest absolute Gasteiger partial charge is 0.506 e. The lowest BCUT2D eigenvalue weighted by atomic mass is 9.81. The third-order valence-corrected chi connectivity index (χ3v) is 12.3. The topological polar surface area (TPSA) is 552 Å². The van der Waals surface area contributed by atoms with E-state index in [1.54, 1.807) is 0 Å². The molecule has 0 aliphatic heterocycles. The van der Waals surface area contributed by atoms with Crippen molar-refractivity contribution in [2.45, 2.75) is 0 Å². The third-order valence-electron chi connectivity index (χ3n) is 12.3. The van der Waals surface area contributed by atoms with Gasteiger partial charge in [-0.25, -0.2) is 0 Å². The molecular formula is C44H26O28. The first-order chi connectivity index (χ1) is 33.6. The van der Waals surface area contributed by atoms with E-state index in [2.05, 4.69) is 0 Å². The van der Waals surface area contributed by atoms with Crippen LogP contribution in [-0.4, -0.2) is 133 Å². The summed E-state index contributed by atoms with van der Waals surface area (Å²) < 4.78 is 10.7. The molecular weight excluding hydrogens is 976 g/mol. The lowest BCUT2D eigenvalue weighted by molar-refractivity contribution is 0.348.